The predicted octanol–water partition coefficient (Wildman–Crippen LogP) is -0.332. The molecule has 0 aromatic heterocycles. The number of ketones is 1. The number of fused-ring (bicyclic) bond motifs is 1. The summed E-state index contributed by atoms with van der Waals surface area (Å²) in [5.41, 5.74) is 0.901. The van der Waals surface area contributed by atoms with Gasteiger partial charge in [-0.2, -0.15) is 0 Å². The molecule has 2 nitrogen and oxygen atoms in total. The van der Waals surface area contributed by atoms with Gasteiger partial charge in [0.1, 0.15) is 0 Å². The van der Waals surface area contributed by atoms with Crippen LogP contribution in [0.15, 0.2) is 29.8 Å². The van der Waals surface area contributed by atoms with Gasteiger partial charge in [-0.3, -0.25) is 4.79 Å². The zero-order valence-corrected chi connectivity index (χ0v) is 14.6. The summed E-state index contributed by atoms with van der Waals surface area (Å²) >= 11 is 0. The number of hydrogen-bond acceptors (Lipinski definition) is 2. The summed E-state index contributed by atoms with van der Waals surface area (Å²) in [7, 11) is 0. The van der Waals surface area contributed by atoms with Gasteiger partial charge in [-0.15, -0.1) is 0 Å². The number of benzene rings is 1. The largest absolute Gasteiger partial charge is 1.00 e. The van der Waals surface area contributed by atoms with Crippen molar-refractivity contribution < 1.29 is 39.5 Å². The molecule has 0 radical (unpaired) electrons. The molecular formula is C16H19NaO2. The third-order valence-electron chi connectivity index (χ3n) is 3.62. The van der Waals surface area contributed by atoms with E-state index in [0.717, 1.165) is 5.56 Å². The van der Waals surface area contributed by atoms with Crippen LogP contribution in [0.3, 0.4) is 0 Å². The SMILES string of the molecule is CC(C)(C)C1=C([O-])c2ccccc2C(C)(C)C1=O.[Na+]. The first-order chi connectivity index (χ1) is 8.17. The zero-order chi connectivity index (χ0) is 13.7. The van der Waals surface area contributed by atoms with Crippen molar-refractivity contribution in [1.29, 1.82) is 0 Å². The van der Waals surface area contributed by atoms with Crippen LogP contribution >= 0.6 is 0 Å². The fourth-order valence-electron chi connectivity index (χ4n) is 2.58. The molecule has 0 amide bonds. The van der Waals surface area contributed by atoms with E-state index >= 15 is 0 Å². The van der Waals surface area contributed by atoms with E-state index in [9.17, 15) is 9.90 Å². The first-order valence-corrected chi connectivity index (χ1v) is 6.24. The Bertz CT molecular complexity index is 548. The summed E-state index contributed by atoms with van der Waals surface area (Å²) in [5.74, 6) is -0.152. The Kier molecular flexibility index (Phi) is 4.41. The maximum absolute atomic E-state index is 12.6. The van der Waals surface area contributed by atoms with Crippen LogP contribution in [0.1, 0.15) is 45.7 Å². The molecule has 2 rings (SSSR count). The van der Waals surface area contributed by atoms with Crippen molar-refractivity contribution >= 4 is 11.5 Å². The molecular weight excluding hydrogens is 247 g/mol. The topological polar surface area (TPSA) is 40.1 Å². The molecule has 0 atom stereocenters. The van der Waals surface area contributed by atoms with E-state index in [1.807, 2.05) is 58.9 Å². The second-order valence-electron chi connectivity index (χ2n) is 6.45. The second-order valence-corrected chi connectivity index (χ2v) is 6.45. The van der Waals surface area contributed by atoms with Crippen molar-refractivity contribution in [1.82, 2.24) is 0 Å². The minimum atomic E-state index is -0.618. The van der Waals surface area contributed by atoms with E-state index in [1.54, 1.807) is 0 Å². The van der Waals surface area contributed by atoms with E-state index in [1.165, 1.54) is 0 Å². The van der Waals surface area contributed by atoms with E-state index in [2.05, 4.69) is 0 Å². The maximum Gasteiger partial charge on any atom is 1.00 e. The van der Waals surface area contributed by atoms with Gasteiger partial charge in [0.25, 0.3) is 0 Å². The van der Waals surface area contributed by atoms with Gasteiger partial charge in [0.15, 0.2) is 5.78 Å². The molecule has 1 aromatic rings. The average molecular weight is 266 g/mol. The Labute approximate surface area is 137 Å². The van der Waals surface area contributed by atoms with Gasteiger partial charge < -0.3 is 5.11 Å². The van der Waals surface area contributed by atoms with Gasteiger partial charge in [-0.25, -0.2) is 0 Å². The van der Waals surface area contributed by atoms with Gasteiger partial charge in [0.05, 0.1) is 5.41 Å². The van der Waals surface area contributed by atoms with Crippen molar-refractivity contribution in [2.75, 3.05) is 0 Å². The first kappa shape index (κ1) is 16.5. The van der Waals surface area contributed by atoms with Crippen LogP contribution in [-0.4, -0.2) is 5.78 Å². The Morgan fingerprint density at radius 2 is 1.63 bits per heavy atom. The molecule has 1 aliphatic carbocycles. The standard InChI is InChI=1S/C16H20O2.Na/c1-15(2,3)12-13(17)10-8-6-7-9-11(10)16(4,5)14(12)18;/h6-9,17H,1-5H3;/q;+1/p-1. The molecule has 0 spiro atoms. The van der Waals surface area contributed by atoms with Crippen molar-refractivity contribution in [3.05, 3.63) is 41.0 Å². The smallest absolute Gasteiger partial charge is 0.872 e. The Morgan fingerprint density at radius 1 is 1.11 bits per heavy atom. The number of carbonyl (C=O) groups is 1. The van der Waals surface area contributed by atoms with Gasteiger partial charge >= 0.3 is 29.6 Å². The molecule has 0 aliphatic heterocycles. The minimum Gasteiger partial charge on any atom is -0.872 e. The van der Waals surface area contributed by atoms with Gasteiger partial charge in [0, 0.05) is 0 Å². The molecule has 0 fully saturated rings. The third kappa shape index (κ3) is 2.54. The molecule has 0 unspecified atom stereocenters. The summed E-state index contributed by atoms with van der Waals surface area (Å²) in [6.07, 6.45) is 0. The molecule has 96 valence electrons. The van der Waals surface area contributed by atoms with Crippen LogP contribution in [0.2, 0.25) is 0 Å². The van der Waals surface area contributed by atoms with Crippen molar-refractivity contribution in [2.45, 2.75) is 40.0 Å². The number of Topliss-reactive ketones (excluding diaryl/α,β-unsaturated/α-hetero) is 1. The summed E-state index contributed by atoms with van der Waals surface area (Å²) in [6.45, 7) is 9.55. The zero-order valence-electron chi connectivity index (χ0n) is 12.6. The summed E-state index contributed by atoms with van der Waals surface area (Å²) in [4.78, 5) is 12.6. The first-order valence-electron chi connectivity index (χ1n) is 6.24. The normalized spacial score (nSPS) is 17.8. The van der Waals surface area contributed by atoms with E-state index in [-0.39, 0.29) is 41.1 Å². The molecule has 0 bridgehead atoms. The summed E-state index contributed by atoms with van der Waals surface area (Å²) in [5, 5.41) is 12.5. The van der Waals surface area contributed by atoms with Gasteiger partial charge in [-0.1, -0.05) is 50.8 Å². The van der Waals surface area contributed by atoms with Gasteiger partial charge in [0.2, 0.25) is 0 Å². The quantitative estimate of drug-likeness (QED) is 0.603. The van der Waals surface area contributed by atoms with Crippen LogP contribution in [-0.2, 0) is 10.2 Å². The van der Waals surface area contributed by atoms with Crippen molar-refractivity contribution in [3.63, 3.8) is 0 Å². The van der Waals surface area contributed by atoms with Crippen LogP contribution in [0, 0.1) is 5.41 Å². The predicted molar refractivity (Wildman–Crippen MR) is 70.9 cm³/mol. The van der Waals surface area contributed by atoms with E-state index in [0.29, 0.717) is 11.1 Å². The number of carbonyl (C=O) groups excluding carboxylic acids is 1. The number of allylic oxidation sites excluding steroid dienone is 1. The maximum atomic E-state index is 12.6. The molecule has 1 aliphatic rings. The molecule has 0 N–H and O–H groups in total. The van der Waals surface area contributed by atoms with E-state index in [4.69, 9.17) is 0 Å². The number of hydrogen-bond donors (Lipinski definition) is 0. The Morgan fingerprint density at radius 3 is 2.16 bits per heavy atom. The van der Waals surface area contributed by atoms with Crippen LogP contribution < -0.4 is 34.7 Å². The van der Waals surface area contributed by atoms with Crippen molar-refractivity contribution in [3.8, 4) is 0 Å². The van der Waals surface area contributed by atoms with Crippen LogP contribution in [0.5, 0.6) is 0 Å². The molecule has 3 heteroatoms. The molecule has 19 heavy (non-hydrogen) atoms. The molecule has 0 saturated carbocycles. The number of rotatable bonds is 0. The van der Waals surface area contributed by atoms with Crippen LogP contribution in [0.4, 0.5) is 0 Å². The fraction of sp³-hybridized carbons (Fsp3) is 0.438. The fourth-order valence-corrected chi connectivity index (χ4v) is 2.58. The molecule has 0 heterocycles. The Balaban J connectivity index is 0.00000180. The molecule has 1 aromatic carbocycles. The van der Waals surface area contributed by atoms with E-state index < -0.39 is 10.8 Å². The monoisotopic (exact) mass is 266 g/mol. The van der Waals surface area contributed by atoms with Gasteiger partial charge in [-0.05, 0) is 36.0 Å². The minimum absolute atomic E-state index is 0. The Hall–Kier alpha value is -0.570. The third-order valence-corrected chi connectivity index (χ3v) is 3.62. The summed E-state index contributed by atoms with van der Waals surface area (Å²) in [6, 6.07) is 7.42. The second kappa shape index (κ2) is 5.08. The van der Waals surface area contributed by atoms with Crippen molar-refractivity contribution in [2.24, 2.45) is 5.41 Å². The molecule has 0 saturated heterocycles. The average Bonchev–Trinajstić information content (AvgIpc) is 2.25. The van der Waals surface area contributed by atoms with Crippen LogP contribution in [0.25, 0.3) is 5.76 Å². The summed E-state index contributed by atoms with van der Waals surface area (Å²) < 4.78 is 0.